The van der Waals surface area contributed by atoms with Crippen LogP contribution < -0.4 is 15.4 Å². The molecule has 8 nitrogen and oxygen atoms in total. The molecule has 0 spiro atoms. The van der Waals surface area contributed by atoms with E-state index in [4.69, 9.17) is 9.26 Å². The lowest BCUT2D eigenvalue weighted by Gasteiger charge is -2.24. The number of para-hydroxylation sites is 1. The molecule has 32 heavy (non-hydrogen) atoms. The van der Waals surface area contributed by atoms with Crippen LogP contribution in [0.25, 0.3) is 0 Å². The van der Waals surface area contributed by atoms with E-state index in [1.807, 2.05) is 24.3 Å². The molecule has 3 aromatic rings. The average molecular weight is 432 g/mol. The van der Waals surface area contributed by atoms with Crippen LogP contribution in [0.1, 0.15) is 48.9 Å². The van der Waals surface area contributed by atoms with E-state index < -0.39 is 0 Å². The first kappa shape index (κ1) is 20.2. The van der Waals surface area contributed by atoms with Gasteiger partial charge >= 0.3 is 0 Å². The minimum Gasteiger partial charge on any atom is -0.485 e. The van der Waals surface area contributed by atoms with Crippen molar-refractivity contribution in [3.8, 4) is 5.75 Å². The summed E-state index contributed by atoms with van der Waals surface area (Å²) in [5.41, 5.74) is 2.65. The van der Waals surface area contributed by atoms with E-state index in [-0.39, 0.29) is 30.8 Å². The number of hydrogen-bond donors (Lipinski definition) is 2. The molecule has 1 aliphatic heterocycles. The molecule has 1 unspecified atom stereocenters. The van der Waals surface area contributed by atoms with Gasteiger partial charge in [-0.3, -0.25) is 9.59 Å². The summed E-state index contributed by atoms with van der Waals surface area (Å²) < 4.78 is 10.9. The highest BCUT2D eigenvalue weighted by atomic mass is 16.5. The Morgan fingerprint density at radius 3 is 2.78 bits per heavy atom. The molecule has 2 N–H and O–H groups in total. The monoisotopic (exact) mass is 432 g/mol. The number of nitrogens with zero attached hydrogens (tertiary/aromatic N) is 2. The quantitative estimate of drug-likeness (QED) is 0.556. The number of amides is 2. The molecule has 2 amide bonds. The summed E-state index contributed by atoms with van der Waals surface area (Å²) in [6.07, 6.45) is 3.65. The van der Waals surface area contributed by atoms with Gasteiger partial charge in [0.05, 0.1) is 0 Å². The number of anilines is 2. The number of hydrogen-bond acceptors (Lipinski definition) is 6. The first-order chi connectivity index (χ1) is 15.6. The number of rotatable bonds is 8. The third-order valence-corrected chi connectivity index (χ3v) is 5.75. The van der Waals surface area contributed by atoms with Gasteiger partial charge in [0.1, 0.15) is 5.75 Å². The molecule has 1 aliphatic carbocycles. The molecule has 1 saturated carbocycles. The second-order valence-corrected chi connectivity index (χ2v) is 8.27. The van der Waals surface area contributed by atoms with E-state index in [0.717, 1.165) is 24.1 Å². The Morgan fingerprint density at radius 2 is 1.97 bits per heavy atom. The van der Waals surface area contributed by atoms with Crippen LogP contribution in [0.3, 0.4) is 0 Å². The molecule has 0 bridgehead atoms. The number of nitrogens with one attached hydrogen (secondary N) is 2. The van der Waals surface area contributed by atoms with Crippen molar-refractivity contribution in [2.24, 2.45) is 5.92 Å². The molecule has 1 aromatic heterocycles. The summed E-state index contributed by atoms with van der Waals surface area (Å²) >= 11 is 0. The normalized spacial score (nSPS) is 17.4. The predicted molar refractivity (Wildman–Crippen MR) is 117 cm³/mol. The molecule has 2 aromatic carbocycles. The van der Waals surface area contributed by atoms with Gasteiger partial charge in [0.2, 0.25) is 23.5 Å². The van der Waals surface area contributed by atoms with Crippen LogP contribution in [0.15, 0.2) is 53.1 Å². The molecule has 0 saturated heterocycles. The molecule has 0 radical (unpaired) electrons. The van der Waals surface area contributed by atoms with Crippen molar-refractivity contribution in [1.29, 1.82) is 0 Å². The van der Waals surface area contributed by atoms with Crippen molar-refractivity contribution in [1.82, 2.24) is 10.1 Å². The van der Waals surface area contributed by atoms with Gasteiger partial charge in [-0.1, -0.05) is 23.4 Å². The Labute approximate surface area is 185 Å². The lowest BCUT2D eigenvalue weighted by Crippen LogP contribution is -2.30. The third kappa shape index (κ3) is 4.80. The standard InChI is InChI=1S/C24H24N4O4/c29-22(12-7-17-13-16-3-1-2-4-20(16)26-23(17)30)25-18-8-10-19(11-9-18)31-14-21-27-24(32-28-21)15-5-6-15/h1-4,8-11,15,17H,5-7,12-14H2,(H,25,29)(H,26,30). The molecular weight excluding hydrogens is 408 g/mol. The van der Waals surface area contributed by atoms with E-state index in [2.05, 4.69) is 20.8 Å². The SMILES string of the molecule is O=C(CCC1Cc2ccccc2NC1=O)Nc1ccc(OCc2noc(C3CC3)n2)cc1. The van der Waals surface area contributed by atoms with Crippen LogP contribution in [0, 0.1) is 5.92 Å². The van der Waals surface area contributed by atoms with E-state index in [1.54, 1.807) is 24.3 Å². The van der Waals surface area contributed by atoms with Gasteiger partial charge in [-0.2, -0.15) is 4.98 Å². The Balaban J connectivity index is 1.08. The first-order valence-corrected chi connectivity index (χ1v) is 10.9. The number of benzene rings is 2. The minimum atomic E-state index is -0.197. The number of aromatic nitrogens is 2. The van der Waals surface area contributed by atoms with Crippen LogP contribution in [0.2, 0.25) is 0 Å². The van der Waals surface area contributed by atoms with Gasteiger partial charge < -0.3 is 19.9 Å². The molecule has 2 aliphatic rings. The highest BCUT2D eigenvalue weighted by molar-refractivity contribution is 5.96. The van der Waals surface area contributed by atoms with Crippen LogP contribution >= 0.6 is 0 Å². The Kier molecular flexibility index (Phi) is 5.58. The summed E-state index contributed by atoms with van der Waals surface area (Å²) in [6, 6.07) is 14.9. The number of carbonyl (C=O) groups excluding carboxylic acids is 2. The largest absolute Gasteiger partial charge is 0.485 e. The molecule has 1 atom stereocenters. The zero-order chi connectivity index (χ0) is 21.9. The molecule has 5 rings (SSSR count). The fraction of sp³-hybridized carbons (Fsp3) is 0.333. The highest BCUT2D eigenvalue weighted by Gasteiger charge is 2.29. The van der Waals surface area contributed by atoms with Gasteiger partial charge in [0.15, 0.2) is 6.61 Å². The van der Waals surface area contributed by atoms with Gasteiger partial charge in [0.25, 0.3) is 0 Å². The highest BCUT2D eigenvalue weighted by Crippen LogP contribution is 2.38. The Morgan fingerprint density at radius 1 is 1.16 bits per heavy atom. The van der Waals surface area contributed by atoms with E-state index in [9.17, 15) is 9.59 Å². The summed E-state index contributed by atoms with van der Waals surface area (Å²) in [6.45, 7) is 0.231. The molecule has 164 valence electrons. The van der Waals surface area contributed by atoms with Crippen molar-refractivity contribution in [3.05, 3.63) is 65.8 Å². The van der Waals surface area contributed by atoms with Crippen molar-refractivity contribution in [2.45, 2.75) is 44.6 Å². The molecular formula is C24H24N4O4. The number of carbonyl (C=O) groups is 2. The topological polar surface area (TPSA) is 106 Å². The van der Waals surface area contributed by atoms with Crippen LogP contribution in [-0.2, 0) is 22.6 Å². The summed E-state index contributed by atoms with van der Waals surface area (Å²) in [4.78, 5) is 29.0. The predicted octanol–water partition coefficient (Wildman–Crippen LogP) is 4.06. The average Bonchev–Trinajstić information content (AvgIpc) is 3.55. The summed E-state index contributed by atoms with van der Waals surface area (Å²) in [5.74, 6) is 1.95. The Hall–Kier alpha value is -3.68. The fourth-order valence-corrected chi connectivity index (χ4v) is 3.78. The maximum absolute atomic E-state index is 12.4. The maximum Gasteiger partial charge on any atom is 0.229 e. The first-order valence-electron chi connectivity index (χ1n) is 10.9. The van der Waals surface area contributed by atoms with E-state index in [1.165, 1.54) is 0 Å². The molecule has 1 fully saturated rings. The number of fused-ring (bicyclic) bond motifs is 1. The second kappa shape index (κ2) is 8.82. The summed E-state index contributed by atoms with van der Waals surface area (Å²) in [5, 5.41) is 9.73. The summed E-state index contributed by atoms with van der Waals surface area (Å²) in [7, 11) is 0. The molecule has 2 heterocycles. The molecule has 8 heteroatoms. The maximum atomic E-state index is 12.4. The lowest BCUT2D eigenvalue weighted by atomic mass is 9.89. The lowest BCUT2D eigenvalue weighted by molar-refractivity contribution is -0.121. The third-order valence-electron chi connectivity index (χ3n) is 5.75. The van der Waals surface area contributed by atoms with Crippen LogP contribution in [0.4, 0.5) is 11.4 Å². The van der Waals surface area contributed by atoms with Crippen molar-refractivity contribution in [2.75, 3.05) is 10.6 Å². The van der Waals surface area contributed by atoms with E-state index in [0.29, 0.717) is 41.9 Å². The van der Waals surface area contributed by atoms with Crippen LogP contribution in [0.5, 0.6) is 5.75 Å². The van der Waals surface area contributed by atoms with Gasteiger partial charge in [-0.05, 0) is 61.6 Å². The van der Waals surface area contributed by atoms with Gasteiger partial charge in [0, 0.05) is 29.6 Å². The second-order valence-electron chi connectivity index (χ2n) is 8.27. The fourth-order valence-electron chi connectivity index (χ4n) is 3.78. The van der Waals surface area contributed by atoms with Crippen molar-refractivity contribution < 1.29 is 18.8 Å². The van der Waals surface area contributed by atoms with Crippen LogP contribution in [-0.4, -0.2) is 22.0 Å². The Bertz CT molecular complexity index is 1120. The smallest absolute Gasteiger partial charge is 0.229 e. The van der Waals surface area contributed by atoms with Gasteiger partial charge in [-0.25, -0.2) is 0 Å². The zero-order valence-corrected chi connectivity index (χ0v) is 17.5. The van der Waals surface area contributed by atoms with E-state index >= 15 is 0 Å². The number of ether oxygens (including phenoxy) is 1. The zero-order valence-electron chi connectivity index (χ0n) is 17.5. The van der Waals surface area contributed by atoms with Crippen molar-refractivity contribution >= 4 is 23.2 Å². The van der Waals surface area contributed by atoms with Crippen molar-refractivity contribution in [3.63, 3.8) is 0 Å². The van der Waals surface area contributed by atoms with Gasteiger partial charge in [-0.15, -0.1) is 0 Å². The minimum absolute atomic E-state index is 0.0242.